The van der Waals surface area contributed by atoms with Crippen LogP contribution in [0.1, 0.15) is 44.2 Å². The summed E-state index contributed by atoms with van der Waals surface area (Å²) in [5, 5.41) is 3.96. The summed E-state index contributed by atoms with van der Waals surface area (Å²) in [5.41, 5.74) is 3.86. The SMILES string of the molecule is CC(C)c1ccc(CC(=O)Nc2c(-c3cc(P)ccc3F)ccnc2N2CC[C@H](C)C2)cc1. The van der Waals surface area contributed by atoms with E-state index in [1.807, 2.05) is 12.1 Å². The molecule has 3 aromatic rings. The Hall–Kier alpha value is -2.78. The van der Waals surface area contributed by atoms with Crippen molar-refractivity contribution in [2.24, 2.45) is 5.92 Å². The number of anilines is 2. The second-order valence-electron chi connectivity index (χ2n) is 9.26. The number of rotatable bonds is 6. The van der Waals surface area contributed by atoms with Crippen LogP contribution in [-0.2, 0) is 11.2 Å². The summed E-state index contributed by atoms with van der Waals surface area (Å²) < 4.78 is 14.8. The highest BCUT2D eigenvalue weighted by atomic mass is 31.0. The van der Waals surface area contributed by atoms with Gasteiger partial charge in [0.05, 0.1) is 12.1 Å². The summed E-state index contributed by atoms with van der Waals surface area (Å²) in [4.78, 5) is 19.9. The van der Waals surface area contributed by atoms with Gasteiger partial charge in [-0.25, -0.2) is 9.37 Å². The van der Waals surface area contributed by atoms with Gasteiger partial charge in [-0.15, -0.1) is 9.24 Å². The Morgan fingerprint density at radius 3 is 2.61 bits per heavy atom. The highest BCUT2D eigenvalue weighted by Crippen LogP contribution is 2.38. The molecule has 2 aromatic carbocycles. The largest absolute Gasteiger partial charge is 0.355 e. The molecule has 1 amide bonds. The van der Waals surface area contributed by atoms with Crippen molar-refractivity contribution >= 4 is 32.0 Å². The maximum atomic E-state index is 14.8. The summed E-state index contributed by atoms with van der Waals surface area (Å²) in [7, 11) is 2.61. The Balaban J connectivity index is 1.68. The van der Waals surface area contributed by atoms with Crippen molar-refractivity contribution in [3.63, 3.8) is 0 Å². The van der Waals surface area contributed by atoms with Crippen molar-refractivity contribution in [1.82, 2.24) is 4.98 Å². The number of aromatic nitrogens is 1. The lowest BCUT2D eigenvalue weighted by Crippen LogP contribution is -2.24. The molecule has 1 unspecified atom stereocenters. The van der Waals surface area contributed by atoms with Gasteiger partial charge >= 0.3 is 0 Å². The third-order valence-electron chi connectivity index (χ3n) is 6.21. The lowest BCUT2D eigenvalue weighted by atomic mass is 10.0. The normalized spacial score (nSPS) is 15.8. The molecule has 0 spiro atoms. The molecular weight excluding hydrogens is 432 g/mol. The maximum absolute atomic E-state index is 14.8. The van der Waals surface area contributed by atoms with Crippen LogP contribution in [0.25, 0.3) is 11.1 Å². The van der Waals surface area contributed by atoms with E-state index in [0.717, 1.165) is 30.4 Å². The summed E-state index contributed by atoms with van der Waals surface area (Å²) in [5.74, 6) is 1.23. The number of pyridine rings is 1. The Morgan fingerprint density at radius 2 is 1.94 bits per heavy atom. The summed E-state index contributed by atoms with van der Waals surface area (Å²) in [6.45, 7) is 8.23. The van der Waals surface area contributed by atoms with Crippen molar-refractivity contribution in [3.05, 3.63) is 71.7 Å². The van der Waals surface area contributed by atoms with Crippen LogP contribution in [-0.4, -0.2) is 24.0 Å². The molecule has 33 heavy (non-hydrogen) atoms. The smallest absolute Gasteiger partial charge is 0.228 e. The number of halogens is 1. The molecule has 4 rings (SSSR count). The Morgan fingerprint density at radius 1 is 1.18 bits per heavy atom. The predicted octanol–water partition coefficient (Wildman–Crippen LogP) is 5.54. The Labute approximate surface area is 197 Å². The van der Waals surface area contributed by atoms with Crippen LogP contribution in [0.4, 0.5) is 15.9 Å². The molecule has 0 aliphatic carbocycles. The van der Waals surface area contributed by atoms with E-state index in [0.29, 0.717) is 34.5 Å². The first kappa shape index (κ1) is 23.4. The first-order valence-electron chi connectivity index (χ1n) is 11.5. The highest BCUT2D eigenvalue weighted by Gasteiger charge is 2.25. The minimum Gasteiger partial charge on any atom is -0.355 e. The van der Waals surface area contributed by atoms with Crippen LogP contribution in [0.5, 0.6) is 0 Å². The van der Waals surface area contributed by atoms with E-state index in [1.54, 1.807) is 24.4 Å². The fourth-order valence-corrected chi connectivity index (χ4v) is 4.57. The van der Waals surface area contributed by atoms with Gasteiger partial charge in [-0.3, -0.25) is 4.79 Å². The lowest BCUT2D eigenvalue weighted by Gasteiger charge is -2.23. The molecular formula is C27H31FN3OP. The summed E-state index contributed by atoms with van der Waals surface area (Å²) in [6, 6.07) is 14.9. The Kier molecular flexibility index (Phi) is 7.09. The molecule has 172 valence electrons. The summed E-state index contributed by atoms with van der Waals surface area (Å²) >= 11 is 0. The van der Waals surface area contributed by atoms with Crippen molar-refractivity contribution in [1.29, 1.82) is 0 Å². The molecule has 1 aliphatic heterocycles. The zero-order valence-corrected chi connectivity index (χ0v) is 20.6. The fraction of sp³-hybridized carbons (Fsp3) is 0.333. The van der Waals surface area contributed by atoms with E-state index in [2.05, 4.69) is 57.3 Å². The second-order valence-corrected chi connectivity index (χ2v) is 9.92. The quantitative estimate of drug-likeness (QED) is 0.489. The molecule has 0 radical (unpaired) electrons. The third-order valence-corrected chi connectivity index (χ3v) is 6.57. The summed E-state index contributed by atoms with van der Waals surface area (Å²) in [6.07, 6.45) is 3.01. The van der Waals surface area contributed by atoms with Crippen LogP contribution in [0.2, 0.25) is 0 Å². The van der Waals surface area contributed by atoms with E-state index in [9.17, 15) is 9.18 Å². The predicted molar refractivity (Wildman–Crippen MR) is 138 cm³/mol. The molecule has 4 nitrogen and oxygen atoms in total. The molecule has 1 N–H and O–H groups in total. The lowest BCUT2D eigenvalue weighted by molar-refractivity contribution is -0.115. The van der Waals surface area contributed by atoms with Gasteiger partial charge in [0.25, 0.3) is 0 Å². The maximum Gasteiger partial charge on any atom is 0.228 e. The van der Waals surface area contributed by atoms with Gasteiger partial charge < -0.3 is 10.2 Å². The zero-order chi connectivity index (χ0) is 23.5. The first-order valence-corrected chi connectivity index (χ1v) is 12.1. The van der Waals surface area contributed by atoms with E-state index in [1.165, 1.54) is 11.6 Å². The van der Waals surface area contributed by atoms with Crippen LogP contribution in [0.3, 0.4) is 0 Å². The second kappa shape index (κ2) is 10.0. The Bertz CT molecular complexity index is 1150. The molecule has 1 fully saturated rings. The average molecular weight is 464 g/mol. The molecule has 1 aliphatic rings. The van der Waals surface area contributed by atoms with Gasteiger partial charge in [-0.1, -0.05) is 51.1 Å². The van der Waals surface area contributed by atoms with Crippen molar-refractivity contribution in [3.8, 4) is 11.1 Å². The van der Waals surface area contributed by atoms with Crippen LogP contribution >= 0.6 is 9.24 Å². The van der Waals surface area contributed by atoms with Crippen LogP contribution in [0, 0.1) is 11.7 Å². The van der Waals surface area contributed by atoms with E-state index >= 15 is 0 Å². The molecule has 0 bridgehead atoms. The number of nitrogens with one attached hydrogen (secondary N) is 1. The zero-order valence-electron chi connectivity index (χ0n) is 19.4. The molecule has 1 saturated heterocycles. The van der Waals surface area contributed by atoms with Gasteiger partial charge in [0, 0.05) is 30.4 Å². The number of carbonyl (C=O) groups excluding carboxylic acids is 1. The number of hydrogen-bond acceptors (Lipinski definition) is 3. The number of carbonyl (C=O) groups is 1. The van der Waals surface area contributed by atoms with E-state index in [4.69, 9.17) is 0 Å². The fourth-order valence-electron chi connectivity index (χ4n) is 4.30. The van der Waals surface area contributed by atoms with Crippen molar-refractivity contribution in [2.45, 2.75) is 39.5 Å². The first-order chi connectivity index (χ1) is 15.8. The number of hydrogen-bond donors (Lipinski definition) is 1. The monoisotopic (exact) mass is 463 g/mol. The van der Waals surface area contributed by atoms with Gasteiger partial charge in [0.2, 0.25) is 5.91 Å². The van der Waals surface area contributed by atoms with Gasteiger partial charge in [0.15, 0.2) is 5.82 Å². The molecule has 2 atom stereocenters. The number of amides is 1. The molecule has 6 heteroatoms. The minimum absolute atomic E-state index is 0.141. The number of nitrogens with zero attached hydrogens (tertiary/aromatic N) is 2. The molecule has 1 aromatic heterocycles. The van der Waals surface area contributed by atoms with E-state index < -0.39 is 0 Å². The van der Waals surface area contributed by atoms with Gasteiger partial charge in [0.1, 0.15) is 5.82 Å². The standard InChI is InChI=1S/C27H31FN3OP/c1-17(2)20-6-4-19(5-7-20)14-25(32)30-26-22(23-15-21(33)8-9-24(23)28)10-12-29-27(26)31-13-11-18(3)16-31/h4-10,12,15,17-18H,11,13-14,16,33H2,1-3H3,(H,30,32)/t18-/m0/s1. The molecule has 0 saturated carbocycles. The average Bonchev–Trinajstić information content (AvgIpc) is 3.22. The van der Waals surface area contributed by atoms with Gasteiger partial charge in [-0.05, 0) is 52.9 Å². The van der Waals surface area contributed by atoms with E-state index in [-0.39, 0.29) is 18.1 Å². The van der Waals surface area contributed by atoms with Crippen LogP contribution < -0.4 is 15.5 Å². The number of benzene rings is 2. The third kappa shape index (κ3) is 5.42. The minimum atomic E-state index is -0.326. The topological polar surface area (TPSA) is 45.2 Å². The van der Waals surface area contributed by atoms with Crippen molar-refractivity contribution in [2.75, 3.05) is 23.3 Å². The van der Waals surface area contributed by atoms with Crippen molar-refractivity contribution < 1.29 is 9.18 Å². The highest BCUT2D eigenvalue weighted by molar-refractivity contribution is 7.27. The van der Waals surface area contributed by atoms with Crippen LogP contribution in [0.15, 0.2) is 54.7 Å². The molecule has 2 heterocycles. The van der Waals surface area contributed by atoms with Gasteiger partial charge in [-0.2, -0.15) is 0 Å².